The van der Waals surface area contributed by atoms with Crippen LogP contribution in [0, 0.1) is 6.92 Å². The topological polar surface area (TPSA) is 73.7 Å². The van der Waals surface area contributed by atoms with Crippen molar-refractivity contribution in [1.29, 1.82) is 0 Å². The highest BCUT2D eigenvalue weighted by Gasteiger charge is 2.32. The predicted octanol–water partition coefficient (Wildman–Crippen LogP) is 3.54. The summed E-state index contributed by atoms with van der Waals surface area (Å²) in [7, 11) is 0. The van der Waals surface area contributed by atoms with E-state index in [4.69, 9.17) is 0 Å². The maximum absolute atomic E-state index is 12.7. The molecule has 1 fully saturated rings. The van der Waals surface area contributed by atoms with Gasteiger partial charge in [0.15, 0.2) is 0 Å². The Balaban J connectivity index is 1.47. The number of β-amino-alcohol motifs (C(OH)–C–C–N with tert-alkyl or cyclic N) is 2. The monoisotopic (exact) mass is 398 g/mol. The zero-order valence-electron chi connectivity index (χ0n) is 16.6. The molecule has 1 amide bonds. The SMILES string of the molecule is Cc1ccc2ncc(-c3ccc4cc(C(=O)N5C[C@@H](O)[C@H](O)C5)ccc4c3)cc2c1. The highest BCUT2D eigenvalue weighted by Crippen LogP contribution is 2.28. The van der Waals surface area contributed by atoms with E-state index in [0.717, 1.165) is 32.8 Å². The van der Waals surface area contributed by atoms with E-state index in [9.17, 15) is 15.0 Å². The standard InChI is InChI=1S/C25H22N2O3/c1-15-2-7-22-20(8-15)11-21(12-26-22)18-4-3-17-10-19(6-5-16(17)9-18)25(30)27-13-23(28)24(29)14-27/h2-12,23-24,28-29H,13-14H2,1H3/t23-,24-/m1/s1. The number of carbonyl (C=O) groups excluding carboxylic acids is 1. The highest BCUT2D eigenvalue weighted by molar-refractivity contribution is 5.99. The minimum absolute atomic E-state index is 0.158. The fraction of sp³-hybridized carbons (Fsp3) is 0.200. The van der Waals surface area contributed by atoms with E-state index < -0.39 is 12.2 Å². The van der Waals surface area contributed by atoms with Crippen LogP contribution in [0.25, 0.3) is 32.8 Å². The van der Waals surface area contributed by atoms with Gasteiger partial charge in [-0.05, 0) is 59.7 Å². The molecule has 1 saturated heterocycles. The minimum Gasteiger partial charge on any atom is -0.388 e. The molecule has 2 N–H and O–H groups in total. The van der Waals surface area contributed by atoms with Gasteiger partial charge in [-0.3, -0.25) is 9.78 Å². The van der Waals surface area contributed by atoms with Crippen LogP contribution >= 0.6 is 0 Å². The third-order valence-corrected chi connectivity index (χ3v) is 5.80. The summed E-state index contributed by atoms with van der Waals surface area (Å²) >= 11 is 0. The summed E-state index contributed by atoms with van der Waals surface area (Å²) in [6.07, 6.45) is 0.133. The molecule has 150 valence electrons. The second-order valence-corrected chi connectivity index (χ2v) is 8.04. The zero-order chi connectivity index (χ0) is 20.8. The Morgan fingerprint density at radius 2 is 1.57 bits per heavy atom. The van der Waals surface area contributed by atoms with Gasteiger partial charge in [-0.15, -0.1) is 0 Å². The van der Waals surface area contributed by atoms with Gasteiger partial charge in [0.2, 0.25) is 0 Å². The number of aryl methyl sites for hydroxylation is 1. The van der Waals surface area contributed by atoms with Gasteiger partial charge < -0.3 is 15.1 Å². The van der Waals surface area contributed by atoms with Gasteiger partial charge in [0, 0.05) is 35.8 Å². The molecule has 1 aromatic heterocycles. The molecule has 2 atom stereocenters. The average molecular weight is 398 g/mol. The first-order chi connectivity index (χ1) is 14.5. The summed E-state index contributed by atoms with van der Waals surface area (Å²) in [6.45, 7) is 2.39. The van der Waals surface area contributed by atoms with Crippen LogP contribution in [-0.2, 0) is 0 Å². The Bertz CT molecular complexity index is 1270. The average Bonchev–Trinajstić information content (AvgIpc) is 3.10. The van der Waals surface area contributed by atoms with Crippen LogP contribution in [0.3, 0.4) is 0 Å². The fourth-order valence-corrected chi connectivity index (χ4v) is 4.09. The third-order valence-electron chi connectivity index (χ3n) is 5.80. The van der Waals surface area contributed by atoms with Crippen LogP contribution in [0.5, 0.6) is 0 Å². The zero-order valence-corrected chi connectivity index (χ0v) is 16.6. The van der Waals surface area contributed by atoms with Crippen molar-refractivity contribution in [3.8, 4) is 11.1 Å². The van der Waals surface area contributed by atoms with Crippen LogP contribution < -0.4 is 0 Å². The third kappa shape index (κ3) is 3.32. The molecule has 2 heterocycles. The van der Waals surface area contributed by atoms with Crippen LogP contribution in [0.2, 0.25) is 0 Å². The number of benzene rings is 3. The van der Waals surface area contributed by atoms with E-state index in [2.05, 4.69) is 36.2 Å². The lowest BCUT2D eigenvalue weighted by atomic mass is 9.99. The second-order valence-electron chi connectivity index (χ2n) is 8.04. The van der Waals surface area contributed by atoms with Gasteiger partial charge in [0.05, 0.1) is 17.7 Å². The number of rotatable bonds is 2. The summed E-state index contributed by atoms with van der Waals surface area (Å²) in [5, 5.41) is 22.5. The molecule has 30 heavy (non-hydrogen) atoms. The van der Waals surface area contributed by atoms with E-state index in [1.54, 1.807) is 6.07 Å². The summed E-state index contributed by atoms with van der Waals surface area (Å²) in [6, 6.07) is 20.1. The highest BCUT2D eigenvalue weighted by atomic mass is 16.3. The summed E-state index contributed by atoms with van der Waals surface area (Å²) < 4.78 is 0. The van der Waals surface area contributed by atoms with Crippen molar-refractivity contribution in [2.75, 3.05) is 13.1 Å². The predicted molar refractivity (Wildman–Crippen MR) is 117 cm³/mol. The van der Waals surface area contributed by atoms with E-state index in [-0.39, 0.29) is 19.0 Å². The van der Waals surface area contributed by atoms with Crippen molar-refractivity contribution >= 4 is 27.6 Å². The van der Waals surface area contributed by atoms with Gasteiger partial charge in [-0.1, -0.05) is 29.8 Å². The van der Waals surface area contributed by atoms with Gasteiger partial charge in [-0.25, -0.2) is 0 Å². The number of nitrogens with zero attached hydrogens (tertiary/aromatic N) is 2. The van der Waals surface area contributed by atoms with Gasteiger partial charge in [0.25, 0.3) is 5.91 Å². The Morgan fingerprint density at radius 3 is 2.37 bits per heavy atom. The first kappa shape index (κ1) is 18.7. The molecule has 1 aliphatic heterocycles. The van der Waals surface area contributed by atoms with Crippen molar-refractivity contribution in [2.45, 2.75) is 19.1 Å². The van der Waals surface area contributed by atoms with Gasteiger partial charge in [0.1, 0.15) is 0 Å². The maximum Gasteiger partial charge on any atom is 0.254 e. The molecule has 0 saturated carbocycles. The summed E-state index contributed by atoms with van der Waals surface area (Å²) in [4.78, 5) is 18.8. The Labute approximate surface area is 174 Å². The molecule has 0 bridgehead atoms. The van der Waals surface area contributed by atoms with Crippen molar-refractivity contribution in [3.63, 3.8) is 0 Å². The number of likely N-dealkylation sites (tertiary alicyclic amines) is 1. The maximum atomic E-state index is 12.7. The van der Waals surface area contributed by atoms with Crippen LogP contribution in [0.15, 0.2) is 66.9 Å². The van der Waals surface area contributed by atoms with Crippen molar-refractivity contribution in [3.05, 3.63) is 78.0 Å². The molecule has 5 rings (SSSR count). The quantitative estimate of drug-likeness (QED) is 0.542. The normalized spacial score (nSPS) is 19.0. The number of hydrogen-bond donors (Lipinski definition) is 2. The Kier molecular flexibility index (Phi) is 4.50. The second kappa shape index (κ2) is 7.20. The molecule has 0 radical (unpaired) electrons. The first-order valence-electron chi connectivity index (χ1n) is 10.0. The van der Waals surface area contributed by atoms with E-state index >= 15 is 0 Å². The molecule has 5 nitrogen and oxygen atoms in total. The smallest absolute Gasteiger partial charge is 0.254 e. The molecule has 1 aliphatic rings. The largest absolute Gasteiger partial charge is 0.388 e. The summed E-state index contributed by atoms with van der Waals surface area (Å²) in [5.41, 5.74) is 4.86. The summed E-state index contributed by atoms with van der Waals surface area (Å²) in [5.74, 6) is -0.175. The molecule has 0 unspecified atom stereocenters. The number of amides is 1. The number of fused-ring (bicyclic) bond motifs is 2. The Morgan fingerprint density at radius 1 is 0.867 bits per heavy atom. The van der Waals surface area contributed by atoms with Gasteiger partial charge >= 0.3 is 0 Å². The molecule has 5 heteroatoms. The van der Waals surface area contributed by atoms with E-state index in [0.29, 0.717) is 5.56 Å². The lowest BCUT2D eigenvalue weighted by Gasteiger charge is -2.15. The molecular formula is C25H22N2O3. The number of carbonyl (C=O) groups is 1. The fourth-order valence-electron chi connectivity index (χ4n) is 4.09. The Hall–Kier alpha value is -3.28. The van der Waals surface area contributed by atoms with Crippen molar-refractivity contribution < 1.29 is 15.0 Å². The molecule has 4 aromatic rings. The molecule has 3 aromatic carbocycles. The lowest BCUT2D eigenvalue weighted by Crippen LogP contribution is -2.29. The number of aliphatic hydroxyl groups is 2. The van der Waals surface area contributed by atoms with Crippen LogP contribution in [-0.4, -0.2) is 51.3 Å². The van der Waals surface area contributed by atoms with E-state index in [1.165, 1.54) is 10.5 Å². The van der Waals surface area contributed by atoms with Gasteiger partial charge in [-0.2, -0.15) is 0 Å². The first-order valence-corrected chi connectivity index (χ1v) is 10.0. The molecular weight excluding hydrogens is 376 g/mol. The number of aromatic nitrogens is 1. The van der Waals surface area contributed by atoms with E-state index in [1.807, 2.05) is 36.5 Å². The molecule has 0 spiro atoms. The minimum atomic E-state index is -0.878. The van der Waals surface area contributed by atoms with Crippen molar-refractivity contribution in [2.24, 2.45) is 0 Å². The lowest BCUT2D eigenvalue weighted by molar-refractivity contribution is 0.0572. The number of hydrogen-bond acceptors (Lipinski definition) is 4. The van der Waals surface area contributed by atoms with Crippen LogP contribution in [0.1, 0.15) is 15.9 Å². The number of aliphatic hydroxyl groups excluding tert-OH is 2. The van der Waals surface area contributed by atoms with Crippen LogP contribution in [0.4, 0.5) is 0 Å². The van der Waals surface area contributed by atoms with Crippen molar-refractivity contribution in [1.82, 2.24) is 9.88 Å². The number of pyridine rings is 1. The molecule has 0 aliphatic carbocycles.